The number of nitrogens with one attached hydrogen (secondary N) is 2. The second-order valence-corrected chi connectivity index (χ2v) is 7.43. The minimum atomic E-state index is -0.114. The van der Waals surface area contributed by atoms with Crippen LogP contribution in [-0.2, 0) is 0 Å². The minimum absolute atomic E-state index is 0.114. The van der Waals surface area contributed by atoms with E-state index in [1.54, 1.807) is 6.20 Å². The predicted molar refractivity (Wildman–Crippen MR) is 107 cm³/mol. The van der Waals surface area contributed by atoms with Crippen molar-refractivity contribution in [2.75, 3.05) is 23.7 Å². The molecule has 0 saturated heterocycles. The molecule has 0 atom stereocenters. The van der Waals surface area contributed by atoms with Crippen LogP contribution in [0.4, 0.5) is 10.8 Å². The van der Waals surface area contributed by atoms with Gasteiger partial charge in [-0.05, 0) is 50.9 Å². The molecule has 6 heteroatoms. The average molecular weight is 361 g/mol. The van der Waals surface area contributed by atoms with Crippen LogP contribution < -0.4 is 16.4 Å². The summed E-state index contributed by atoms with van der Waals surface area (Å²) in [6.45, 7) is 5.65. The number of rotatable bonds is 10. The molecule has 0 aliphatic rings. The number of anilines is 2. The van der Waals surface area contributed by atoms with Crippen LogP contribution in [-0.4, -0.2) is 24.0 Å². The third-order valence-electron chi connectivity index (χ3n) is 4.12. The topological polar surface area (TPSA) is 80.0 Å². The number of hydrogen-bond acceptors (Lipinski definition) is 5. The number of thiazole rings is 1. The second-order valence-electron chi connectivity index (χ2n) is 6.19. The first-order chi connectivity index (χ1) is 12.1. The van der Waals surface area contributed by atoms with E-state index in [-0.39, 0.29) is 5.91 Å². The van der Waals surface area contributed by atoms with Gasteiger partial charge in [0.1, 0.15) is 0 Å². The van der Waals surface area contributed by atoms with Crippen LogP contribution in [0.3, 0.4) is 0 Å². The number of amides is 1. The molecule has 0 bridgehead atoms. The van der Waals surface area contributed by atoms with Gasteiger partial charge in [-0.3, -0.25) is 10.1 Å². The van der Waals surface area contributed by atoms with Crippen molar-refractivity contribution in [2.45, 2.75) is 46.0 Å². The molecule has 1 amide bonds. The van der Waals surface area contributed by atoms with Crippen molar-refractivity contribution in [2.24, 2.45) is 5.73 Å². The Hall–Kier alpha value is -1.92. The van der Waals surface area contributed by atoms with Crippen molar-refractivity contribution in [1.82, 2.24) is 4.98 Å². The molecular weight excluding hydrogens is 332 g/mol. The van der Waals surface area contributed by atoms with Gasteiger partial charge < -0.3 is 11.1 Å². The molecule has 0 aliphatic heterocycles. The summed E-state index contributed by atoms with van der Waals surface area (Å²) >= 11 is 1.48. The van der Waals surface area contributed by atoms with Gasteiger partial charge in [-0.15, -0.1) is 11.3 Å². The van der Waals surface area contributed by atoms with Crippen LogP contribution in [0, 0.1) is 13.8 Å². The van der Waals surface area contributed by atoms with E-state index < -0.39 is 0 Å². The van der Waals surface area contributed by atoms with Crippen LogP contribution >= 0.6 is 11.3 Å². The quantitative estimate of drug-likeness (QED) is 0.551. The zero-order chi connectivity index (χ0) is 18.1. The summed E-state index contributed by atoms with van der Waals surface area (Å²) in [4.78, 5) is 17.8. The highest BCUT2D eigenvalue weighted by atomic mass is 32.1. The third-order valence-corrected chi connectivity index (χ3v) is 4.94. The number of aromatic nitrogens is 1. The van der Waals surface area contributed by atoms with E-state index in [2.05, 4.69) is 15.6 Å². The summed E-state index contributed by atoms with van der Waals surface area (Å²) < 4.78 is 0. The number of benzene rings is 1. The Morgan fingerprint density at radius 1 is 1.16 bits per heavy atom. The van der Waals surface area contributed by atoms with Crippen LogP contribution in [0.15, 0.2) is 24.4 Å². The molecule has 136 valence electrons. The first-order valence-electron chi connectivity index (χ1n) is 8.89. The minimum Gasteiger partial charge on any atom is -0.385 e. The molecular formula is C19H28N4OS. The molecule has 0 spiro atoms. The van der Waals surface area contributed by atoms with Gasteiger partial charge in [0.05, 0.1) is 0 Å². The summed E-state index contributed by atoms with van der Waals surface area (Å²) in [5.41, 5.74) is 8.17. The van der Waals surface area contributed by atoms with Crippen molar-refractivity contribution >= 4 is 28.1 Å². The number of nitrogens with two attached hydrogens (primary N) is 1. The molecule has 0 radical (unpaired) electrons. The Bertz CT molecular complexity index is 684. The third kappa shape index (κ3) is 6.14. The number of nitrogens with zero attached hydrogens (tertiary/aromatic N) is 1. The van der Waals surface area contributed by atoms with Gasteiger partial charge in [-0.25, -0.2) is 4.98 Å². The van der Waals surface area contributed by atoms with Crippen molar-refractivity contribution in [3.63, 3.8) is 0 Å². The number of unbranched alkanes of at least 4 members (excludes halogenated alkanes) is 4. The molecule has 1 aromatic carbocycles. The predicted octanol–water partition coefficient (Wildman–Crippen LogP) is 4.33. The van der Waals surface area contributed by atoms with Crippen LogP contribution in [0.2, 0.25) is 0 Å². The normalized spacial score (nSPS) is 10.7. The molecule has 0 unspecified atom stereocenters. The molecule has 1 aromatic heterocycles. The van der Waals surface area contributed by atoms with E-state index in [4.69, 9.17) is 5.73 Å². The van der Waals surface area contributed by atoms with E-state index in [0.29, 0.717) is 10.7 Å². The summed E-state index contributed by atoms with van der Waals surface area (Å²) in [6, 6.07) is 5.79. The standard InChI is InChI=1S/C19H28N4OS/c1-14-13-22-19(25-14)23-18(24)16-9-8-10-17(15(16)2)21-12-7-5-3-4-6-11-20/h8-10,13,21H,3-7,11-12,20H2,1-2H3,(H,22,23,24). The number of aryl methyl sites for hydroxylation is 1. The second kappa shape index (κ2) is 10.2. The van der Waals surface area contributed by atoms with E-state index in [1.807, 2.05) is 32.0 Å². The van der Waals surface area contributed by atoms with Crippen LogP contribution in [0.1, 0.15) is 52.9 Å². The Kier molecular flexibility index (Phi) is 7.88. The van der Waals surface area contributed by atoms with E-state index >= 15 is 0 Å². The van der Waals surface area contributed by atoms with Gasteiger partial charge in [0.15, 0.2) is 5.13 Å². The van der Waals surface area contributed by atoms with Gasteiger partial charge in [-0.2, -0.15) is 0 Å². The highest BCUT2D eigenvalue weighted by Gasteiger charge is 2.13. The van der Waals surface area contributed by atoms with Gasteiger partial charge in [0.25, 0.3) is 5.91 Å². The van der Waals surface area contributed by atoms with Gasteiger partial charge in [0.2, 0.25) is 0 Å². The smallest absolute Gasteiger partial charge is 0.257 e. The first-order valence-corrected chi connectivity index (χ1v) is 9.71. The van der Waals surface area contributed by atoms with E-state index in [0.717, 1.165) is 42.1 Å². The Balaban J connectivity index is 1.87. The zero-order valence-electron chi connectivity index (χ0n) is 15.1. The maximum atomic E-state index is 12.5. The van der Waals surface area contributed by atoms with Gasteiger partial charge >= 0.3 is 0 Å². The fourth-order valence-corrected chi connectivity index (χ4v) is 3.33. The molecule has 2 aromatic rings. The summed E-state index contributed by atoms with van der Waals surface area (Å²) in [5, 5.41) is 6.96. The molecule has 0 saturated carbocycles. The van der Waals surface area contributed by atoms with Crippen LogP contribution in [0.5, 0.6) is 0 Å². The molecule has 4 N–H and O–H groups in total. The largest absolute Gasteiger partial charge is 0.385 e. The maximum Gasteiger partial charge on any atom is 0.257 e. The molecule has 2 rings (SSSR count). The lowest BCUT2D eigenvalue weighted by molar-refractivity contribution is 0.102. The average Bonchev–Trinajstić information content (AvgIpc) is 3.00. The van der Waals surface area contributed by atoms with Crippen molar-refractivity contribution in [3.05, 3.63) is 40.4 Å². The first kappa shape index (κ1) is 19.4. The van der Waals surface area contributed by atoms with E-state index in [9.17, 15) is 4.79 Å². The molecule has 0 aliphatic carbocycles. The monoisotopic (exact) mass is 360 g/mol. The zero-order valence-corrected chi connectivity index (χ0v) is 15.9. The molecule has 1 heterocycles. The number of hydrogen-bond donors (Lipinski definition) is 3. The van der Waals surface area contributed by atoms with Crippen molar-refractivity contribution in [3.8, 4) is 0 Å². The summed E-state index contributed by atoms with van der Waals surface area (Å²) in [6.07, 6.45) is 7.64. The number of carbonyl (C=O) groups is 1. The van der Waals surface area contributed by atoms with Crippen LogP contribution in [0.25, 0.3) is 0 Å². The number of carbonyl (C=O) groups excluding carboxylic acids is 1. The molecule has 25 heavy (non-hydrogen) atoms. The Labute approximate surface area is 154 Å². The molecule has 0 fully saturated rings. The Morgan fingerprint density at radius 3 is 2.64 bits per heavy atom. The SMILES string of the molecule is Cc1cnc(NC(=O)c2cccc(NCCCCCCCN)c2C)s1. The van der Waals surface area contributed by atoms with Gasteiger partial charge in [0, 0.05) is 28.9 Å². The van der Waals surface area contributed by atoms with E-state index in [1.165, 1.54) is 30.6 Å². The lowest BCUT2D eigenvalue weighted by Crippen LogP contribution is -2.14. The highest BCUT2D eigenvalue weighted by molar-refractivity contribution is 7.15. The van der Waals surface area contributed by atoms with Gasteiger partial charge in [-0.1, -0.05) is 25.3 Å². The maximum absolute atomic E-state index is 12.5. The lowest BCUT2D eigenvalue weighted by atomic mass is 10.1. The Morgan fingerprint density at radius 2 is 1.92 bits per heavy atom. The summed E-state index contributed by atoms with van der Waals surface area (Å²) in [5.74, 6) is -0.114. The lowest BCUT2D eigenvalue weighted by Gasteiger charge is -2.13. The summed E-state index contributed by atoms with van der Waals surface area (Å²) in [7, 11) is 0. The fraction of sp³-hybridized carbons (Fsp3) is 0.474. The molecule has 5 nitrogen and oxygen atoms in total. The fourth-order valence-electron chi connectivity index (χ4n) is 2.67. The van der Waals surface area contributed by atoms with Crippen molar-refractivity contribution < 1.29 is 4.79 Å². The van der Waals surface area contributed by atoms with Crippen molar-refractivity contribution in [1.29, 1.82) is 0 Å². The highest BCUT2D eigenvalue weighted by Crippen LogP contribution is 2.22.